The highest BCUT2D eigenvalue weighted by molar-refractivity contribution is 5.81. The summed E-state index contributed by atoms with van der Waals surface area (Å²) in [6.45, 7) is 6.80. The molecule has 1 aliphatic heterocycles. The van der Waals surface area contributed by atoms with Crippen molar-refractivity contribution in [1.29, 1.82) is 0 Å². The first-order chi connectivity index (χ1) is 11.0. The van der Waals surface area contributed by atoms with Crippen LogP contribution in [0.3, 0.4) is 0 Å². The van der Waals surface area contributed by atoms with Crippen LogP contribution in [0.15, 0.2) is 24.3 Å². The van der Waals surface area contributed by atoms with Crippen molar-refractivity contribution in [2.45, 2.75) is 26.4 Å². The summed E-state index contributed by atoms with van der Waals surface area (Å²) in [6, 6.07) is 7.46. The van der Waals surface area contributed by atoms with Gasteiger partial charge in [0.15, 0.2) is 0 Å². The molecular formula is C17H25N3O3. The van der Waals surface area contributed by atoms with E-state index in [0.29, 0.717) is 19.6 Å². The molecule has 6 heteroatoms. The van der Waals surface area contributed by atoms with E-state index in [1.165, 1.54) is 0 Å². The Balaban J connectivity index is 1.82. The van der Waals surface area contributed by atoms with Crippen LogP contribution in [0.5, 0.6) is 5.75 Å². The second-order valence-corrected chi connectivity index (χ2v) is 5.79. The quantitative estimate of drug-likeness (QED) is 0.874. The van der Waals surface area contributed by atoms with Crippen LogP contribution in [0, 0.1) is 0 Å². The van der Waals surface area contributed by atoms with E-state index in [2.05, 4.69) is 10.2 Å². The lowest BCUT2D eigenvalue weighted by molar-refractivity contribution is -0.132. The van der Waals surface area contributed by atoms with E-state index >= 15 is 0 Å². The Kier molecular flexibility index (Phi) is 5.98. The van der Waals surface area contributed by atoms with Crippen molar-refractivity contribution >= 4 is 11.8 Å². The third-order valence-corrected chi connectivity index (χ3v) is 4.29. The first-order valence-electron chi connectivity index (χ1n) is 7.91. The molecule has 1 aromatic carbocycles. The molecule has 1 unspecified atom stereocenters. The van der Waals surface area contributed by atoms with Crippen LogP contribution in [0.2, 0.25) is 0 Å². The standard InChI is InChI=1S/C17H25N3O3/c1-13(19-7-9-20(10-8-19)14(2)21)17(22)18-12-15-5-4-6-16(11-15)23-3/h4-6,11,13H,7-10,12H2,1-3H3,(H,18,22). The smallest absolute Gasteiger partial charge is 0.237 e. The Bertz CT molecular complexity index is 554. The van der Waals surface area contributed by atoms with Crippen LogP contribution >= 0.6 is 0 Å². The van der Waals surface area contributed by atoms with Gasteiger partial charge in [0.25, 0.3) is 0 Å². The van der Waals surface area contributed by atoms with Crippen LogP contribution in [-0.4, -0.2) is 60.9 Å². The second-order valence-electron chi connectivity index (χ2n) is 5.79. The van der Waals surface area contributed by atoms with E-state index in [1.807, 2.05) is 36.1 Å². The average molecular weight is 319 g/mol. The van der Waals surface area contributed by atoms with E-state index in [1.54, 1.807) is 14.0 Å². The number of nitrogens with one attached hydrogen (secondary N) is 1. The first kappa shape index (κ1) is 17.3. The van der Waals surface area contributed by atoms with Gasteiger partial charge in [0.1, 0.15) is 5.75 Å². The van der Waals surface area contributed by atoms with Crippen molar-refractivity contribution in [2.75, 3.05) is 33.3 Å². The lowest BCUT2D eigenvalue weighted by Gasteiger charge is -2.37. The molecule has 0 bridgehead atoms. The average Bonchev–Trinajstić information content (AvgIpc) is 2.59. The van der Waals surface area contributed by atoms with Crippen molar-refractivity contribution < 1.29 is 14.3 Å². The minimum absolute atomic E-state index is 0.00379. The molecule has 2 rings (SSSR count). The summed E-state index contributed by atoms with van der Waals surface area (Å²) < 4.78 is 5.18. The molecule has 0 aromatic heterocycles. The maximum absolute atomic E-state index is 12.3. The number of nitrogens with zero attached hydrogens (tertiary/aromatic N) is 2. The maximum atomic E-state index is 12.3. The molecule has 0 spiro atoms. The third-order valence-electron chi connectivity index (χ3n) is 4.29. The fraction of sp³-hybridized carbons (Fsp3) is 0.529. The molecule has 1 saturated heterocycles. The monoisotopic (exact) mass is 319 g/mol. The largest absolute Gasteiger partial charge is 0.497 e. The number of hydrogen-bond donors (Lipinski definition) is 1. The van der Waals surface area contributed by atoms with Crippen LogP contribution in [0.25, 0.3) is 0 Å². The molecule has 2 amide bonds. The Morgan fingerprint density at radius 2 is 1.96 bits per heavy atom. The Morgan fingerprint density at radius 3 is 2.57 bits per heavy atom. The van der Waals surface area contributed by atoms with Crippen LogP contribution in [0.1, 0.15) is 19.4 Å². The fourth-order valence-electron chi connectivity index (χ4n) is 2.71. The summed E-state index contributed by atoms with van der Waals surface area (Å²) in [7, 11) is 1.63. The number of methoxy groups -OCH3 is 1. The maximum Gasteiger partial charge on any atom is 0.237 e. The van der Waals surface area contributed by atoms with Crippen LogP contribution in [-0.2, 0) is 16.1 Å². The summed E-state index contributed by atoms with van der Waals surface area (Å²) in [6.07, 6.45) is 0. The molecule has 0 radical (unpaired) electrons. The zero-order valence-electron chi connectivity index (χ0n) is 14.0. The van der Waals surface area contributed by atoms with Gasteiger partial charge in [-0.15, -0.1) is 0 Å². The summed E-state index contributed by atoms with van der Waals surface area (Å²) in [5.41, 5.74) is 1.01. The number of carbonyl (C=O) groups is 2. The van der Waals surface area contributed by atoms with E-state index in [9.17, 15) is 9.59 Å². The summed E-state index contributed by atoms with van der Waals surface area (Å²) in [4.78, 5) is 27.6. The molecule has 0 saturated carbocycles. The van der Waals surface area contributed by atoms with Gasteiger partial charge in [0.2, 0.25) is 11.8 Å². The minimum Gasteiger partial charge on any atom is -0.497 e. The topological polar surface area (TPSA) is 61.9 Å². The van der Waals surface area contributed by atoms with E-state index in [4.69, 9.17) is 4.74 Å². The summed E-state index contributed by atoms with van der Waals surface area (Å²) in [5.74, 6) is 0.883. The highest BCUT2D eigenvalue weighted by atomic mass is 16.5. The zero-order chi connectivity index (χ0) is 16.8. The molecule has 1 fully saturated rings. The highest BCUT2D eigenvalue weighted by Gasteiger charge is 2.26. The predicted molar refractivity (Wildman–Crippen MR) is 88.1 cm³/mol. The summed E-state index contributed by atoms with van der Waals surface area (Å²) >= 11 is 0. The van der Waals surface area contributed by atoms with Crippen molar-refractivity contribution in [3.63, 3.8) is 0 Å². The lowest BCUT2D eigenvalue weighted by atomic mass is 10.2. The molecule has 0 aliphatic carbocycles. The van der Waals surface area contributed by atoms with Crippen molar-refractivity contribution in [3.8, 4) is 5.75 Å². The second kappa shape index (κ2) is 7.97. The minimum atomic E-state index is -0.199. The fourth-order valence-corrected chi connectivity index (χ4v) is 2.71. The van der Waals surface area contributed by atoms with Gasteiger partial charge in [-0.25, -0.2) is 0 Å². The Morgan fingerprint density at radius 1 is 1.26 bits per heavy atom. The molecule has 23 heavy (non-hydrogen) atoms. The molecule has 126 valence electrons. The number of piperazine rings is 1. The Labute approximate surface area is 137 Å². The van der Waals surface area contributed by atoms with Gasteiger partial charge in [0, 0.05) is 39.6 Å². The number of hydrogen-bond acceptors (Lipinski definition) is 4. The van der Waals surface area contributed by atoms with E-state index in [0.717, 1.165) is 24.4 Å². The predicted octanol–water partition coefficient (Wildman–Crippen LogP) is 0.864. The number of amides is 2. The van der Waals surface area contributed by atoms with Gasteiger partial charge in [-0.05, 0) is 24.6 Å². The molecule has 6 nitrogen and oxygen atoms in total. The van der Waals surface area contributed by atoms with Gasteiger partial charge in [-0.2, -0.15) is 0 Å². The number of benzene rings is 1. The molecule has 1 N–H and O–H groups in total. The highest BCUT2D eigenvalue weighted by Crippen LogP contribution is 2.12. The Hall–Kier alpha value is -2.08. The number of rotatable bonds is 5. The van der Waals surface area contributed by atoms with Crippen LogP contribution < -0.4 is 10.1 Å². The van der Waals surface area contributed by atoms with Crippen LogP contribution in [0.4, 0.5) is 0 Å². The number of ether oxygens (including phenoxy) is 1. The zero-order valence-corrected chi connectivity index (χ0v) is 14.0. The van der Waals surface area contributed by atoms with Crippen molar-refractivity contribution in [1.82, 2.24) is 15.1 Å². The lowest BCUT2D eigenvalue weighted by Crippen LogP contribution is -2.54. The van der Waals surface area contributed by atoms with E-state index in [-0.39, 0.29) is 17.9 Å². The normalized spacial score (nSPS) is 16.7. The SMILES string of the molecule is COc1cccc(CNC(=O)C(C)N2CCN(C(C)=O)CC2)c1. The van der Waals surface area contributed by atoms with Crippen molar-refractivity contribution in [2.24, 2.45) is 0 Å². The van der Waals surface area contributed by atoms with Crippen molar-refractivity contribution in [3.05, 3.63) is 29.8 Å². The van der Waals surface area contributed by atoms with Gasteiger partial charge >= 0.3 is 0 Å². The van der Waals surface area contributed by atoms with Gasteiger partial charge < -0.3 is 15.0 Å². The van der Waals surface area contributed by atoms with Gasteiger partial charge in [-0.3, -0.25) is 14.5 Å². The van der Waals surface area contributed by atoms with Gasteiger partial charge in [-0.1, -0.05) is 12.1 Å². The molecular weight excluding hydrogens is 294 g/mol. The number of carbonyl (C=O) groups excluding carboxylic acids is 2. The molecule has 1 heterocycles. The molecule has 1 aliphatic rings. The van der Waals surface area contributed by atoms with E-state index < -0.39 is 0 Å². The molecule has 1 atom stereocenters. The first-order valence-corrected chi connectivity index (χ1v) is 7.91. The van der Waals surface area contributed by atoms with Gasteiger partial charge in [0.05, 0.1) is 13.2 Å². The summed E-state index contributed by atoms with van der Waals surface area (Å²) in [5, 5.41) is 2.96. The molecule has 1 aromatic rings. The third kappa shape index (κ3) is 4.69.